The quantitative estimate of drug-likeness (QED) is 0.731. The third kappa shape index (κ3) is 6.28. The summed E-state index contributed by atoms with van der Waals surface area (Å²) in [7, 11) is -3.70. The van der Waals surface area contributed by atoms with E-state index in [0.29, 0.717) is 5.56 Å². The molecule has 0 saturated carbocycles. The van der Waals surface area contributed by atoms with Crippen molar-refractivity contribution in [2.75, 3.05) is 0 Å². The highest BCUT2D eigenvalue weighted by atomic mass is 32.2. The maximum Gasteiger partial charge on any atom is 0.387 e. The minimum Gasteiger partial charge on any atom is -0.434 e. The monoisotopic (exact) mass is 412 g/mol. The van der Waals surface area contributed by atoms with Gasteiger partial charge in [0.2, 0.25) is 10.0 Å². The van der Waals surface area contributed by atoms with Crippen LogP contribution in [0.1, 0.15) is 36.7 Å². The summed E-state index contributed by atoms with van der Waals surface area (Å²) in [6.45, 7) is 2.19. The van der Waals surface area contributed by atoms with Crippen molar-refractivity contribution in [3.8, 4) is 5.75 Å². The third-order valence-corrected chi connectivity index (χ3v) is 5.27. The molecule has 152 valence electrons. The predicted octanol–water partition coefficient (Wildman–Crippen LogP) is 3.29. The SMILES string of the molecule is CC(C)(C)NS(=O)(=O)c1ccc(C(=O)NCc2ccccc2OC(F)F)cc1. The second kappa shape index (κ2) is 8.66. The lowest BCUT2D eigenvalue weighted by molar-refractivity contribution is -0.0504. The molecule has 2 aromatic carbocycles. The van der Waals surface area contributed by atoms with Gasteiger partial charge < -0.3 is 10.1 Å². The molecular weight excluding hydrogens is 390 g/mol. The van der Waals surface area contributed by atoms with Crippen molar-refractivity contribution in [1.82, 2.24) is 10.0 Å². The summed E-state index contributed by atoms with van der Waals surface area (Å²) in [6, 6.07) is 11.6. The first-order chi connectivity index (χ1) is 13.0. The largest absolute Gasteiger partial charge is 0.434 e. The van der Waals surface area contributed by atoms with Gasteiger partial charge in [0.25, 0.3) is 5.91 Å². The van der Waals surface area contributed by atoms with Crippen LogP contribution < -0.4 is 14.8 Å². The van der Waals surface area contributed by atoms with Gasteiger partial charge in [-0.05, 0) is 51.1 Å². The van der Waals surface area contributed by atoms with Gasteiger partial charge in [-0.2, -0.15) is 8.78 Å². The predicted molar refractivity (Wildman–Crippen MR) is 101 cm³/mol. The Balaban J connectivity index is 2.07. The number of sulfonamides is 1. The van der Waals surface area contributed by atoms with Crippen molar-refractivity contribution in [2.45, 2.75) is 44.4 Å². The van der Waals surface area contributed by atoms with Gasteiger partial charge >= 0.3 is 6.61 Å². The Kier molecular flexibility index (Phi) is 6.73. The molecule has 0 aliphatic carbocycles. The average Bonchev–Trinajstić information content (AvgIpc) is 2.58. The van der Waals surface area contributed by atoms with Gasteiger partial charge in [-0.1, -0.05) is 18.2 Å². The standard InChI is InChI=1S/C19H22F2N2O4S/c1-19(2,3)23-28(25,26)15-10-8-13(9-11-15)17(24)22-12-14-6-4-5-7-16(14)27-18(20)21/h4-11,18,23H,12H2,1-3H3,(H,22,24). The first kappa shape index (κ1) is 21.8. The normalized spacial score (nSPS) is 12.1. The molecule has 0 aliphatic heterocycles. The molecule has 2 aromatic rings. The molecule has 6 nitrogen and oxygen atoms in total. The zero-order chi connectivity index (χ0) is 20.9. The molecule has 0 bridgehead atoms. The Bertz CT molecular complexity index is 924. The molecule has 0 aromatic heterocycles. The average molecular weight is 412 g/mol. The smallest absolute Gasteiger partial charge is 0.387 e. The van der Waals surface area contributed by atoms with Crippen LogP contribution >= 0.6 is 0 Å². The topological polar surface area (TPSA) is 84.5 Å². The fraction of sp³-hybridized carbons (Fsp3) is 0.316. The lowest BCUT2D eigenvalue weighted by Gasteiger charge is -2.20. The van der Waals surface area contributed by atoms with Crippen LogP contribution in [-0.2, 0) is 16.6 Å². The highest BCUT2D eigenvalue weighted by Gasteiger charge is 2.22. The van der Waals surface area contributed by atoms with Gasteiger partial charge in [-0.3, -0.25) is 4.79 Å². The van der Waals surface area contributed by atoms with Gasteiger partial charge in [0.05, 0.1) is 4.90 Å². The molecule has 9 heteroatoms. The number of rotatable bonds is 7. The van der Waals surface area contributed by atoms with Crippen molar-refractivity contribution in [2.24, 2.45) is 0 Å². The number of carbonyl (C=O) groups excluding carboxylic acids is 1. The lowest BCUT2D eigenvalue weighted by atomic mass is 10.1. The van der Waals surface area contributed by atoms with Gasteiger partial charge in [0.1, 0.15) is 5.75 Å². The summed E-state index contributed by atoms with van der Waals surface area (Å²) in [4.78, 5) is 12.3. The number of carbonyl (C=O) groups is 1. The highest BCUT2D eigenvalue weighted by Crippen LogP contribution is 2.20. The van der Waals surface area contributed by atoms with Crippen LogP contribution in [0.25, 0.3) is 0 Å². The first-order valence-corrected chi connectivity index (χ1v) is 9.91. The lowest BCUT2D eigenvalue weighted by Crippen LogP contribution is -2.40. The van der Waals surface area contributed by atoms with E-state index in [9.17, 15) is 22.0 Å². The van der Waals surface area contributed by atoms with Crippen LogP contribution in [-0.4, -0.2) is 26.5 Å². The van der Waals surface area contributed by atoms with E-state index in [2.05, 4.69) is 14.8 Å². The number of amides is 1. The van der Waals surface area contributed by atoms with Crippen LogP contribution in [0.4, 0.5) is 8.78 Å². The Hall–Kier alpha value is -2.52. The van der Waals surface area contributed by atoms with Crippen molar-refractivity contribution in [3.63, 3.8) is 0 Å². The summed E-state index contributed by atoms with van der Waals surface area (Å²) in [5.74, 6) is -0.493. The van der Waals surface area contributed by atoms with Crippen LogP contribution in [0.15, 0.2) is 53.4 Å². The van der Waals surface area contributed by atoms with Gasteiger partial charge in [-0.15, -0.1) is 0 Å². The minimum atomic E-state index is -3.70. The summed E-state index contributed by atoms with van der Waals surface area (Å²) in [6.07, 6.45) is 0. The number of ether oxygens (including phenoxy) is 1. The molecule has 0 aliphatic rings. The van der Waals surface area contributed by atoms with Crippen LogP contribution in [0.3, 0.4) is 0 Å². The maximum atomic E-state index is 12.4. The summed E-state index contributed by atoms with van der Waals surface area (Å²) in [5, 5.41) is 2.60. The third-order valence-electron chi connectivity index (χ3n) is 3.50. The molecule has 0 heterocycles. The van der Waals surface area contributed by atoms with Gasteiger partial charge in [-0.25, -0.2) is 13.1 Å². The molecule has 0 saturated heterocycles. The van der Waals surface area contributed by atoms with Crippen molar-refractivity contribution >= 4 is 15.9 Å². The Morgan fingerprint density at radius 3 is 2.25 bits per heavy atom. The molecule has 1 amide bonds. The molecule has 28 heavy (non-hydrogen) atoms. The van der Waals surface area contributed by atoms with Crippen LogP contribution in [0.2, 0.25) is 0 Å². The number of halogens is 2. The number of hydrogen-bond acceptors (Lipinski definition) is 4. The van der Waals surface area contributed by atoms with E-state index in [1.54, 1.807) is 39.0 Å². The fourth-order valence-corrected chi connectivity index (χ4v) is 3.80. The number of nitrogens with one attached hydrogen (secondary N) is 2. The fourth-order valence-electron chi connectivity index (χ4n) is 2.39. The number of para-hydroxylation sites is 1. The zero-order valence-electron chi connectivity index (χ0n) is 15.7. The second-order valence-corrected chi connectivity index (χ2v) is 8.73. The van der Waals surface area contributed by atoms with E-state index < -0.39 is 28.1 Å². The molecule has 0 atom stereocenters. The molecule has 0 fully saturated rings. The highest BCUT2D eigenvalue weighted by molar-refractivity contribution is 7.89. The Labute approximate surface area is 163 Å². The van der Waals surface area contributed by atoms with E-state index >= 15 is 0 Å². The number of hydrogen-bond donors (Lipinski definition) is 2. The molecule has 0 unspecified atom stereocenters. The van der Waals surface area contributed by atoms with Crippen LogP contribution in [0.5, 0.6) is 5.75 Å². The van der Waals surface area contributed by atoms with Crippen molar-refractivity contribution < 1.29 is 26.7 Å². The first-order valence-electron chi connectivity index (χ1n) is 8.43. The zero-order valence-corrected chi connectivity index (χ0v) is 16.5. The Morgan fingerprint density at radius 1 is 1.07 bits per heavy atom. The van der Waals surface area contributed by atoms with Crippen molar-refractivity contribution in [1.29, 1.82) is 0 Å². The van der Waals surface area contributed by atoms with Gasteiger partial charge in [0, 0.05) is 23.2 Å². The van der Waals surface area contributed by atoms with E-state index in [1.165, 1.54) is 30.3 Å². The molecule has 0 radical (unpaired) electrons. The minimum absolute atomic E-state index is 0.0205. The molecule has 2 N–H and O–H groups in total. The summed E-state index contributed by atoms with van der Waals surface area (Å²) >= 11 is 0. The van der Waals surface area contributed by atoms with E-state index in [1.807, 2.05) is 0 Å². The Morgan fingerprint density at radius 2 is 1.68 bits per heavy atom. The molecule has 2 rings (SSSR count). The van der Waals surface area contributed by atoms with E-state index in [-0.39, 0.29) is 22.8 Å². The molecular formula is C19H22F2N2O4S. The molecule has 0 spiro atoms. The van der Waals surface area contributed by atoms with Gasteiger partial charge in [0.15, 0.2) is 0 Å². The van der Waals surface area contributed by atoms with Crippen LogP contribution in [0, 0.1) is 0 Å². The number of alkyl halides is 2. The second-order valence-electron chi connectivity index (χ2n) is 7.05. The summed E-state index contributed by atoms with van der Waals surface area (Å²) in [5.41, 5.74) is -0.00514. The van der Waals surface area contributed by atoms with Crippen molar-refractivity contribution in [3.05, 3.63) is 59.7 Å². The summed E-state index contributed by atoms with van der Waals surface area (Å²) < 4.78 is 56.4. The van der Waals surface area contributed by atoms with E-state index in [4.69, 9.17) is 0 Å². The van der Waals surface area contributed by atoms with E-state index in [0.717, 1.165) is 0 Å². The number of benzene rings is 2. The maximum absolute atomic E-state index is 12.4.